The van der Waals surface area contributed by atoms with Crippen LogP contribution in [0.3, 0.4) is 0 Å². The van der Waals surface area contributed by atoms with Gasteiger partial charge in [0.25, 0.3) is 0 Å². The summed E-state index contributed by atoms with van der Waals surface area (Å²) in [5.41, 5.74) is 8.63. The molecule has 2 aromatic heterocycles. The van der Waals surface area contributed by atoms with Gasteiger partial charge in [-0.25, -0.2) is 9.37 Å². The molecule has 31 heavy (non-hydrogen) atoms. The van der Waals surface area contributed by atoms with Crippen molar-refractivity contribution in [1.82, 2.24) is 9.97 Å². The predicted molar refractivity (Wildman–Crippen MR) is 115 cm³/mol. The van der Waals surface area contributed by atoms with Crippen LogP contribution < -0.4 is 15.4 Å². The molecular weight excluding hydrogens is 397 g/mol. The molecule has 0 bridgehead atoms. The third-order valence-electron chi connectivity index (χ3n) is 5.08. The van der Waals surface area contributed by atoms with Crippen LogP contribution in [-0.2, 0) is 0 Å². The van der Waals surface area contributed by atoms with Gasteiger partial charge in [-0.15, -0.1) is 0 Å². The second kappa shape index (κ2) is 8.68. The van der Waals surface area contributed by atoms with Gasteiger partial charge in [-0.3, -0.25) is 4.98 Å². The molecule has 0 saturated carbocycles. The minimum absolute atomic E-state index is 0.107. The number of hydrogen-bond acceptors (Lipinski definition) is 7. The molecule has 0 aliphatic carbocycles. The summed E-state index contributed by atoms with van der Waals surface area (Å²) < 4.78 is 19.4. The van der Waals surface area contributed by atoms with Crippen LogP contribution in [0.2, 0.25) is 0 Å². The van der Waals surface area contributed by atoms with Gasteiger partial charge in [0, 0.05) is 41.7 Å². The maximum atomic E-state index is 13.3. The van der Waals surface area contributed by atoms with Crippen molar-refractivity contribution in [3.8, 4) is 28.8 Å². The minimum Gasteiger partial charge on any atom is -0.456 e. The van der Waals surface area contributed by atoms with Crippen LogP contribution in [0.15, 0.2) is 48.7 Å². The van der Waals surface area contributed by atoms with Gasteiger partial charge in [0.05, 0.1) is 36.5 Å². The van der Waals surface area contributed by atoms with Crippen molar-refractivity contribution in [2.24, 2.45) is 5.73 Å². The molecule has 1 aliphatic heterocycles. The van der Waals surface area contributed by atoms with Gasteiger partial charge in [0.2, 0.25) is 0 Å². The number of aromatic nitrogens is 2. The molecule has 0 amide bonds. The van der Waals surface area contributed by atoms with Crippen molar-refractivity contribution in [2.45, 2.75) is 19.2 Å². The smallest absolute Gasteiger partial charge is 0.138 e. The number of anilines is 1. The SMILES string of the molecule is Cc1cc(Oc2cc(C#N)ccc2-c2ccc([C@H](O)CN)cn2)cc(N2CC(F)C2)n1. The largest absolute Gasteiger partial charge is 0.456 e. The van der Waals surface area contributed by atoms with E-state index in [0.717, 1.165) is 5.69 Å². The maximum Gasteiger partial charge on any atom is 0.138 e. The van der Waals surface area contributed by atoms with E-state index in [-0.39, 0.29) is 6.54 Å². The number of nitrogens with zero attached hydrogens (tertiary/aromatic N) is 4. The zero-order valence-corrected chi connectivity index (χ0v) is 17.0. The summed E-state index contributed by atoms with van der Waals surface area (Å²) >= 11 is 0. The molecule has 8 heteroatoms. The zero-order valence-electron chi connectivity index (χ0n) is 17.0. The Morgan fingerprint density at radius 1 is 1.29 bits per heavy atom. The normalized spacial score (nSPS) is 14.6. The van der Waals surface area contributed by atoms with Crippen molar-refractivity contribution in [3.63, 3.8) is 0 Å². The van der Waals surface area contributed by atoms with E-state index < -0.39 is 12.3 Å². The molecule has 3 aromatic rings. The molecule has 1 aliphatic rings. The number of aliphatic hydroxyl groups is 1. The van der Waals surface area contributed by atoms with Gasteiger partial charge in [-0.2, -0.15) is 5.26 Å². The van der Waals surface area contributed by atoms with E-state index in [1.807, 2.05) is 11.8 Å². The molecule has 1 atom stereocenters. The maximum absolute atomic E-state index is 13.3. The van der Waals surface area contributed by atoms with E-state index >= 15 is 0 Å². The second-order valence-electron chi connectivity index (χ2n) is 7.46. The number of benzene rings is 1. The zero-order chi connectivity index (χ0) is 22.0. The van der Waals surface area contributed by atoms with Crippen molar-refractivity contribution < 1.29 is 14.2 Å². The topological polar surface area (TPSA) is 108 Å². The standard InChI is InChI=1S/C23H22FN5O2/c1-14-6-18(8-23(28-14)29-12-17(24)13-29)31-22-7-15(9-25)2-4-19(22)20-5-3-16(11-27-20)21(30)10-26/h2-8,11,17,21,30H,10,12-13,26H2,1H3/t21-/m1/s1. The Morgan fingerprint density at radius 2 is 2.10 bits per heavy atom. The highest BCUT2D eigenvalue weighted by atomic mass is 19.1. The average Bonchev–Trinajstić information content (AvgIpc) is 2.76. The van der Waals surface area contributed by atoms with Gasteiger partial charge in [-0.05, 0) is 31.2 Å². The molecule has 7 nitrogen and oxygen atoms in total. The van der Waals surface area contributed by atoms with E-state index in [0.29, 0.717) is 52.8 Å². The van der Waals surface area contributed by atoms with Crippen molar-refractivity contribution >= 4 is 5.82 Å². The molecular formula is C23H22FN5O2. The minimum atomic E-state index is -0.836. The quantitative estimate of drug-likeness (QED) is 0.631. The molecule has 3 heterocycles. The molecule has 1 fully saturated rings. The van der Waals surface area contributed by atoms with Crippen molar-refractivity contribution in [1.29, 1.82) is 5.26 Å². The highest BCUT2D eigenvalue weighted by molar-refractivity contribution is 5.69. The summed E-state index contributed by atoms with van der Waals surface area (Å²) in [5, 5.41) is 19.2. The lowest BCUT2D eigenvalue weighted by molar-refractivity contribution is 0.186. The number of nitrogens with two attached hydrogens (primary N) is 1. The van der Waals surface area contributed by atoms with Gasteiger partial charge in [-0.1, -0.05) is 6.07 Å². The fourth-order valence-corrected chi connectivity index (χ4v) is 3.37. The lowest BCUT2D eigenvalue weighted by Crippen LogP contribution is -2.48. The molecule has 1 aromatic carbocycles. The Labute approximate surface area is 179 Å². The highest BCUT2D eigenvalue weighted by Gasteiger charge is 2.27. The van der Waals surface area contributed by atoms with Crippen LogP contribution in [0.25, 0.3) is 11.3 Å². The fourth-order valence-electron chi connectivity index (χ4n) is 3.37. The first-order valence-electron chi connectivity index (χ1n) is 9.91. The highest BCUT2D eigenvalue weighted by Crippen LogP contribution is 2.35. The summed E-state index contributed by atoms with van der Waals surface area (Å²) in [4.78, 5) is 10.7. The third kappa shape index (κ3) is 4.48. The van der Waals surface area contributed by atoms with Crippen LogP contribution in [0.5, 0.6) is 11.5 Å². The van der Waals surface area contributed by atoms with Crippen molar-refractivity contribution in [2.75, 3.05) is 24.5 Å². The summed E-state index contributed by atoms with van der Waals surface area (Å²) in [5.74, 6) is 1.65. The van der Waals surface area contributed by atoms with Crippen LogP contribution in [0.4, 0.5) is 10.2 Å². The molecule has 0 spiro atoms. The molecule has 158 valence electrons. The lowest BCUT2D eigenvalue weighted by atomic mass is 10.1. The van der Waals surface area contributed by atoms with E-state index in [4.69, 9.17) is 10.5 Å². The summed E-state index contributed by atoms with van der Waals surface area (Å²) in [7, 11) is 0. The predicted octanol–water partition coefficient (Wildman–Crippen LogP) is 3.27. The van der Waals surface area contributed by atoms with Crippen molar-refractivity contribution in [3.05, 3.63) is 65.5 Å². The Hall–Kier alpha value is -3.54. The monoisotopic (exact) mass is 419 g/mol. The van der Waals surface area contributed by atoms with E-state index in [9.17, 15) is 14.8 Å². The first-order valence-corrected chi connectivity index (χ1v) is 9.91. The number of ether oxygens (including phenoxy) is 1. The Morgan fingerprint density at radius 3 is 2.74 bits per heavy atom. The van der Waals surface area contributed by atoms with Crippen LogP contribution in [0, 0.1) is 18.3 Å². The Balaban J connectivity index is 1.68. The Kier molecular flexibility index (Phi) is 5.80. The summed E-state index contributed by atoms with van der Waals surface area (Å²) in [6.07, 6.45) is -0.0415. The number of aryl methyl sites for hydroxylation is 1. The number of nitriles is 1. The second-order valence-corrected chi connectivity index (χ2v) is 7.46. The molecule has 0 unspecified atom stereocenters. The first-order chi connectivity index (χ1) is 15.0. The molecule has 3 N–H and O–H groups in total. The summed E-state index contributed by atoms with van der Waals surface area (Å²) in [6, 6.07) is 14.3. The third-order valence-corrected chi connectivity index (χ3v) is 5.08. The number of halogens is 1. The first kappa shape index (κ1) is 20.7. The fraction of sp³-hybridized carbons (Fsp3) is 0.261. The van der Waals surface area contributed by atoms with E-state index in [1.165, 1.54) is 0 Å². The number of aliphatic hydroxyl groups excluding tert-OH is 1. The number of hydrogen-bond donors (Lipinski definition) is 2. The van der Waals surface area contributed by atoms with E-state index in [2.05, 4.69) is 16.0 Å². The number of pyridine rings is 2. The van der Waals surface area contributed by atoms with Crippen LogP contribution in [0.1, 0.15) is 22.9 Å². The lowest BCUT2D eigenvalue weighted by Gasteiger charge is -2.35. The van der Waals surface area contributed by atoms with Crippen LogP contribution >= 0.6 is 0 Å². The van der Waals surface area contributed by atoms with E-state index in [1.54, 1.807) is 48.7 Å². The van der Waals surface area contributed by atoms with Gasteiger partial charge in [0.15, 0.2) is 0 Å². The molecule has 4 rings (SSSR count). The molecule has 1 saturated heterocycles. The summed E-state index contributed by atoms with van der Waals surface area (Å²) in [6.45, 7) is 2.58. The molecule has 0 radical (unpaired) electrons. The van der Waals surface area contributed by atoms with Gasteiger partial charge >= 0.3 is 0 Å². The van der Waals surface area contributed by atoms with Gasteiger partial charge < -0.3 is 20.5 Å². The van der Waals surface area contributed by atoms with Gasteiger partial charge in [0.1, 0.15) is 23.5 Å². The number of alkyl halides is 1. The Bertz CT molecular complexity index is 1120. The van der Waals surface area contributed by atoms with Crippen LogP contribution in [-0.4, -0.2) is 40.9 Å². The number of rotatable bonds is 6. The average molecular weight is 419 g/mol.